The van der Waals surface area contributed by atoms with Crippen molar-refractivity contribution in [2.75, 3.05) is 13.6 Å². The zero-order valence-electron chi connectivity index (χ0n) is 13.0. The number of guanidine groups is 1. The Hall–Kier alpha value is -1.15. The third kappa shape index (κ3) is 6.31. The number of rotatable bonds is 6. The quantitative estimate of drug-likeness (QED) is 0.421. The summed E-state index contributed by atoms with van der Waals surface area (Å²) in [6.45, 7) is 3.82. The summed E-state index contributed by atoms with van der Waals surface area (Å²) in [4.78, 5) is 11.3. The van der Waals surface area contributed by atoms with Crippen LogP contribution in [0.15, 0.2) is 41.5 Å². The molecule has 4 nitrogen and oxygen atoms in total. The van der Waals surface area contributed by atoms with Crippen molar-refractivity contribution >= 4 is 41.3 Å². The van der Waals surface area contributed by atoms with E-state index in [-0.39, 0.29) is 24.0 Å². The summed E-state index contributed by atoms with van der Waals surface area (Å²) in [6.07, 6.45) is 3.81. The molecule has 0 spiro atoms. The lowest BCUT2D eigenvalue weighted by Crippen LogP contribution is -2.37. The fourth-order valence-electron chi connectivity index (χ4n) is 1.95. The van der Waals surface area contributed by atoms with E-state index in [0.717, 1.165) is 37.6 Å². The van der Waals surface area contributed by atoms with E-state index in [1.807, 2.05) is 35.7 Å². The van der Waals surface area contributed by atoms with Gasteiger partial charge in [-0.05, 0) is 30.7 Å². The predicted octanol–water partition coefficient (Wildman–Crippen LogP) is 3.23. The van der Waals surface area contributed by atoms with Crippen LogP contribution in [0.2, 0.25) is 0 Å². The van der Waals surface area contributed by atoms with Crippen LogP contribution in [0.25, 0.3) is 0 Å². The van der Waals surface area contributed by atoms with Gasteiger partial charge in [-0.15, -0.1) is 35.3 Å². The third-order valence-electron chi connectivity index (χ3n) is 3.12. The molecule has 2 aromatic heterocycles. The number of hydrogen-bond acceptors (Lipinski definition) is 3. The average molecular weight is 430 g/mol. The first-order chi connectivity index (χ1) is 10.3. The molecule has 0 atom stereocenters. The first kappa shape index (κ1) is 18.9. The summed E-state index contributed by atoms with van der Waals surface area (Å²) < 4.78 is 0. The first-order valence-electron chi connectivity index (χ1n) is 7.24. The molecule has 0 unspecified atom stereocenters. The van der Waals surface area contributed by atoms with Gasteiger partial charge in [0.15, 0.2) is 5.96 Å². The second-order valence-corrected chi connectivity index (χ2v) is 5.90. The molecule has 0 saturated carbocycles. The summed E-state index contributed by atoms with van der Waals surface area (Å²) in [7, 11) is 1.79. The number of aryl methyl sites for hydroxylation is 1. The van der Waals surface area contributed by atoms with Gasteiger partial charge in [0.2, 0.25) is 0 Å². The molecular formula is C16H23IN4S. The Balaban J connectivity index is 0.00000242. The van der Waals surface area contributed by atoms with Crippen molar-refractivity contribution in [3.63, 3.8) is 0 Å². The Bertz CT molecular complexity index is 569. The van der Waals surface area contributed by atoms with Crippen LogP contribution < -0.4 is 10.6 Å². The molecule has 0 aliphatic heterocycles. The monoisotopic (exact) mass is 430 g/mol. The number of thiophene rings is 1. The normalized spacial score (nSPS) is 10.9. The van der Waals surface area contributed by atoms with Crippen LogP contribution in [0.5, 0.6) is 0 Å². The molecule has 0 aliphatic rings. The molecule has 2 rings (SSSR count). The number of aromatic nitrogens is 1. The van der Waals surface area contributed by atoms with E-state index in [1.54, 1.807) is 7.05 Å². The van der Waals surface area contributed by atoms with Crippen LogP contribution in [-0.2, 0) is 19.4 Å². The Morgan fingerprint density at radius 2 is 2.00 bits per heavy atom. The van der Waals surface area contributed by atoms with Crippen LogP contribution in [0.3, 0.4) is 0 Å². The molecular weight excluding hydrogens is 407 g/mol. The number of halogens is 1. The Morgan fingerprint density at radius 3 is 2.64 bits per heavy atom. The number of nitrogens with one attached hydrogen (secondary N) is 2. The van der Waals surface area contributed by atoms with Gasteiger partial charge >= 0.3 is 0 Å². The number of hydrogen-bond donors (Lipinski definition) is 2. The van der Waals surface area contributed by atoms with Gasteiger partial charge in [0.1, 0.15) is 0 Å². The Kier molecular flexibility index (Phi) is 9.07. The van der Waals surface area contributed by atoms with Crippen molar-refractivity contribution in [3.05, 3.63) is 52.0 Å². The van der Waals surface area contributed by atoms with E-state index >= 15 is 0 Å². The zero-order valence-corrected chi connectivity index (χ0v) is 16.2. The number of pyridine rings is 1. The summed E-state index contributed by atoms with van der Waals surface area (Å²) in [6, 6.07) is 10.4. The lowest BCUT2D eigenvalue weighted by atomic mass is 10.3. The molecule has 2 N–H and O–H groups in total. The summed E-state index contributed by atoms with van der Waals surface area (Å²) >= 11 is 1.85. The standard InChI is InChI=1S/C16H22N4S.HI/c1-3-14-7-8-15(21-14)12-20-16(17-2)19-11-9-13-6-4-5-10-18-13;/h4-8,10H,3,9,11-12H2,1-2H3,(H2,17,19,20);1H. The summed E-state index contributed by atoms with van der Waals surface area (Å²) in [5.41, 5.74) is 1.09. The van der Waals surface area contributed by atoms with E-state index in [0.29, 0.717) is 0 Å². The SMILES string of the molecule is CCc1ccc(CNC(=NC)NCCc2ccccn2)s1.I. The second-order valence-electron chi connectivity index (χ2n) is 4.65. The van der Waals surface area contributed by atoms with Gasteiger partial charge in [0, 0.05) is 41.7 Å². The van der Waals surface area contributed by atoms with Crippen molar-refractivity contribution in [2.24, 2.45) is 4.99 Å². The van der Waals surface area contributed by atoms with Crippen LogP contribution in [0, 0.1) is 0 Å². The Morgan fingerprint density at radius 1 is 1.18 bits per heavy atom. The maximum atomic E-state index is 4.31. The second kappa shape index (κ2) is 10.6. The maximum absolute atomic E-state index is 4.31. The molecule has 0 aromatic carbocycles. The van der Waals surface area contributed by atoms with Crippen molar-refractivity contribution in [1.29, 1.82) is 0 Å². The molecule has 0 saturated heterocycles. The summed E-state index contributed by atoms with van der Waals surface area (Å²) in [5.74, 6) is 0.831. The molecule has 2 heterocycles. The molecule has 22 heavy (non-hydrogen) atoms. The minimum Gasteiger partial charge on any atom is -0.356 e. The number of aliphatic imine (C=N–C) groups is 1. The van der Waals surface area contributed by atoms with Crippen molar-refractivity contribution in [3.8, 4) is 0 Å². The van der Waals surface area contributed by atoms with Crippen LogP contribution in [0.4, 0.5) is 0 Å². The zero-order chi connectivity index (χ0) is 14.9. The van der Waals surface area contributed by atoms with E-state index in [1.165, 1.54) is 9.75 Å². The topological polar surface area (TPSA) is 49.3 Å². The minimum absolute atomic E-state index is 0. The molecule has 0 bridgehead atoms. The van der Waals surface area contributed by atoms with Crippen LogP contribution >= 0.6 is 35.3 Å². The predicted molar refractivity (Wildman–Crippen MR) is 105 cm³/mol. The van der Waals surface area contributed by atoms with Crippen molar-refractivity contribution in [1.82, 2.24) is 15.6 Å². The molecule has 2 aromatic rings. The van der Waals surface area contributed by atoms with Gasteiger partial charge in [-0.3, -0.25) is 9.98 Å². The fraction of sp³-hybridized carbons (Fsp3) is 0.375. The van der Waals surface area contributed by atoms with E-state index in [4.69, 9.17) is 0 Å². The highest BCUT2D eigenvalue weighted by atomic mass is 127. The molecule has 0 radical (unpaired) electrons. The largest absolute Gasteiger partial charge is 0.356 e. The van der Waals surface area contributed by atoms with Gasteiger partial charge in [-0.2, -0.15) is 0 Å². The van der Waals surface area contributed by atoms with Crippen LogP contribution in [-0.4, -0.2) is 24.5 Å². The van der Waals surface area contributed by atoms with E-state index in [9.17, 15) is 0 Å². The average Bonchev–Trinajstić information content (AvgIpc) is 3.00. The molecule has 6 heteroatoms. The smallest absolute Gasteiger partial charge is 0.191 e. The van der Waals surface area contributed by atoms with E-state index < -0.39 is 0 Å². The summed E-state index contributed by atoms with van der Waals surface area (Å²) in [5, 5.41) is 6.65. The first-order valence-corrected chi connectivity index (χ1v) is 8.05. The molecule has 120 valence electrons. The fourth-order valence-corrected chi connectivity index (χ4v) is 2.85. The lowest BCUT2D eigenvalue weighted by molar-refractivity contribution is 0.788. The van der Waals surface area contributed by atoms with Gasteiger partial charge in [0.25, 0.3) is 0 Å². The van der Waals surface area contributed by atoms with E-state index in [2.05, 4.69) is 39.7 Å². The highest BCUT2D eigenvalue weighted by Crippen LogP contribution is 2.16. The molecule has 0 fully saturated rings. The third-order valence-corrected chi connectivity index (χ3v) is 4.35. The van der Waals surface area contributed by atoms with Gasteiger partial charge < -0.3 is 10.6 Å². The van der Waals surface area contributed by atoms with Gasteiger partial charge in [-0.1, -0.05) is 13.0 Å². The van der Waals surface area contributed by atoms with Gasteiger partial charge in [-0.25, -0.2) is 0 Å². The van der Waals surface area contributed by atoms with Crippen molar-refractivity contribution in [2.45, 2.75) is 26.3 Å². The minimum atomic E-state index is 0. The maximum Gasteiger partial charge on any atom is 0.191 e. The lowest BCUT2D eigenvalue weighted by Gasteiger charge is -2.10. The Labute approximate surface area is 153 Å². The van der Waals surface area contributed by atoms with Crippen LogP contribution in [0.1, 0.15) is 22.4 Å². The molecule has 0 aliphatic carbocycles. The number of nitrogens with zero attached hydrogens (tertiary/aromatic N) is 2. The van der Waals surface area contributed by atoms with Gasteiger partial charge in [0.05, 0.1) is 6.54 Å². The van der Waals surface area contributed by atoms with Crippen molar-refractivity contribution < 1.29 is 0 Å². The highest BCUT2D eigenvalue weighted by molar-refractivity contribution is 14.0. The molecule has 0 amide bonds. The highest BCUT2D eigenvalue weighted by Gasteiger charge is 2.01.